The predicted molar refractivity (Wildman–Crippen MR) is 121 cm³/mol. The molecule has 0 radical (unpaired) electrons. The van der Waals surface area contributed by atoms with Gasteiger partial charge in [-0.15, -0.1) is 5.16 Å². The van der Waals surface area contributed by atoms with Gasteiger partial charge in [0.2, 0.25) is 0 Å². The molecule has 4 rings (SSSR count). The fourth-order valence-electron chi connectivity index (χ4n) is 3.94. The minimum atomic E-state index is -0.675. The van der Waals surface area contributed by atoms with Gasteiger partial charge >= 0.3 is 0 Å². The lowest BCUT2D eigenvalue weighted by molar-refractivity contribution is -0.0403. The third kappa shape index (κ3) is 4.52. The molecule has 3 heterocycles. The maximum absolute atomic E-state index is 14.3. The van der Waals surface area contributed by atoms with Crippen LogP contribution in [-0.4, -0.2) is 32.6 Å². The number of ether oxygens (including phenoxy) is 1. The highest BCUT2D eigenvalue weighted by Crippen LogP contribution is 2.41. The molecule has 2 aromatic heterocycles. The first-order valence-corrected chi connectivity index (χ1v) is 10.6. The van der Waals surface area contributed by atoms with Gasteiger partial charge in [-0.05, 0) is 52.8 Å². The molecule has 0 amide bonds. The summed E-state index contributed by atoms with van der Waals surface area (Å²) < 4.78 is 22.1. The van der Waals surface area contributed by atoms with Crippen molar-refractivity contribution in [1.82, 2.24) is 19.9 Å². The van der Waals surface area contributed by atoms with Crippen molar-refractivity contribution in [2.75, 3.05) is 5.32 Å². The van der Waals surface area contributed by atoms with Crippen LogP contribution in [0, 0.1) is 5.82 Å². The van der Waals surface area contributed by atoms with Crippen LogP contribution in [0.25, 0.3) is 5.65 Å². The number of oxime groups is 1. The molecule has 2 N–H and O–H groups in total. The van der Waals surface area contributed by atoms with E-state index in [9.17, 15) is 4.39 Å². The van der Waals surface area contributed by atoms with E-state index in [1.807, 2.05) is 46.9 Å². The van der Waals surface area contributed by atoms with Gasteiger partial charge in [-0.25, -0.2) is 13.9 Å². The molecule has 3 aromatic rings. The molecule has 0 bridgehead atoms. The summed E-state index contributed by atoms with van der Waals surface area (Å²) in [6.07, 6.45) is 4.27. The van der Waals surface area contributed by atoms with Crippen molar-refractivity contribution < 1.29 is 14.0 Å². The van der Waals surface area contributed by atoms with E-state index in [0.29, 0.717) is 24.4 Å². The first kappa shape index (κ1) is 22.0. The molecule has 0 spiro atoms. The minimum absolute atomic E-state index is 0.209. The van der Waals surface area contributed by atoms with Gasteiger partial charge in [0, 0.05) is 42.6 Å². The molecule has 1 aliphatic heterocycles. The van der Waals surface area contributed by atoms with Crippen molar-refractivity contribution in [3.63, 3.8) is 0 Å². The van der Waals surface area contributed by atoms with Crippen molar-refractivity contribution in [3.05, 3.63) is 53.1 Å². The molecule has 9 heteroatoms. The van der Waals surface area contributed by atoms with E-state index in [0.717, 1.165) is 22.4 Å². The lowest BCUT2D eigenvalue weighted by atomic mass is 9.98. The number of aromatic nitrogens is 3. The van der Waals surface area contributed by atoms with E-state index >= 15 is 0 Å². The van der Waals surface area contributed by atoms with Gasteiger partial charge in [0.05, 0.1) is 12.2 Å². The Morgan fingerprint density at radius 2 is 2.19 bits per heavy atom. The Morgan fingerprint density at radius 1 is 1.41 bits per heavy atom. The second-order valence-corrected chi connectivity index (χ2v) is 9.22. The number of benzene rings is 1. The van der Waals surface area contributed by atoms with Crippen molar-refractivity contribution in [3.8, 4) is 5.75 Å². The Hall–Kier alpha value is -3.20. The topological polar surface area (TPSA) is 85.1 Å². The molecule has 0 fully saturated rings. The fraction of sp³-hybridized carbons (Fsp3) is 0.435. The number of fused-ring (bicyclic) bond motifs is 2. The van der Waals surface area contributed by atoms with Crippen LogP contribution in [0.3, 0.4) is 0 Å². The quantitative estimate of drug-likeness (QED) is 0.310. The number of hydrogen-bond acceptors (Lipinski definition) is 7. The molecule has 0 saturated carbocycles. The minimum Gasteiger partial charge on any atom is -0.487 e. The van der Waals surface area contributed by atoms with Gasteiger partial charge in [-0.1, -0.05) is 0 Å². The smallest absolute Gasteiger partial charge is 0.183 e. The lowest BCUT2D eigenvalue weighted by Crippen LogP contribution is -2.40. The Bertz CT molecular complexity index is 1160. The summed E-state index contributed by atoms with van der Waals surface area (Å²) >= 11 is 0. The van der Waals surface area contributed by atoms with Crippen molar-refractivity contribution in [2.24, 2.45) is 5.16 Å². The summed E-state index contributed by atoms with van der Waals surface area (Å²) in [5, 5.41) is 14.5. The highest BCUT2D eigenvalue weighted by atomic mass is 19.1. The van der Waals surface area contributed by atoms with Crippen LogP contribution in [0.1, 0.15) is 57.4 Å². The Labute approximate surface area is 186 Å². The summed E-state index contributed by atoms with van der Waals surface area (Å²) in [7, 11) is 0. The largest absolute Gasteiger partial charge is 0.487 e. The first-order chi connectivity index (χ1) is 15.1. The van der Waals surface area contributed by atoms with E-state index in [2.05, 4.69) is 27.6 Å². The summed E-state index contributed by atoms with van der Waals surface area (Å²) in [6.45, 7) is 13.5. The molecule has 1 unspecified atom stereocenters. The Morgan fingerprint density at radius 3 is 2.94 bits per heavy atom. The summed E-state index contributed by atoms with van der Waals surface area (Å²) in [4.78, 5) is 9.96. The van der Waals surface area contributed by atoms with Crippen LogP contribution in [0.5, 0.6) is 5.75 Å². The van der Waals surface area contributed by atoms with Crippen LogP contribution < -0.4 is 15.4 Å². The molecule has 170 valence electrons. The Kier molecular flexibility index (Phi) is 5.54. The number of anilines is 1. The van der Waals surface area contributed by atoms with Crippen molar-refractivity contribution >= 4 is 18.2 Å². The third-order valence-electron chi connectivity index (χ3n) is 5.42. The average molecular weight is 441 g/mol. The number of rotatable bonds is 8. The highest BCUT2D eigenvalue weighted by Gasteiger charge is 2.33. The van der Waals surface area contributed by atoms with E-state index in [1.54, 1.807) is 16.8 Å². The van der Waals surface area contributed by atoms with Crippen LogP contribution >= 0.6 is 0 Å². The molecule has 1 aromatic carbocycles. The highest BCUT2D eigenvalue weighted by molar-refractivity contribution is 5.54. The molecule has 1 aliphatic rings. The van der Waals surface area contributed by atoms with Gasteiger partial charge in [0.25, 0.3) is 0 Å². The van der Waals surface area contributed by atoms with Gasteiger partial charge < -0.3 is 14.9 Å². The van der Waals surface area contributed by atoms with E-state index in [-0.39, 0.29) is 17.5 Å². The third-order valence-corrected chi connectivity index (χ3v) is 5.42. The maximum atomic E-state index is 14.3. The molecular weight excluding hydrogens is 411 g/mol. The summed E-state index contributed by atoms with van der Waals surface area (Å²) in [6, 6.07) is 4.72. The van der Waals surface area contributed by atoms with Crippen LogP contribution in [0.4, 0.5) is 10.2 Å². The zero-order chi connectivity index (χ0) is 23.1. The fourth-order valence-corrected chi connectivity index (χ4v) is 3.94. The first-order valence-electron chi connectivity index (χ1n) is 10.6. The van der Waals surface area contributed by atoms with E-state index in [4.69, 9.17) is 14.6 Å². The average Bonchev–Trinajstić information content (AvgIpc) is 3.24. The SMILES string of the molecule is C=NOC(C)(C)NCc1cnn2ccc(NC(C)c3cc(F)cc4c3OC(C)(C)C4)nc12. The normalized spacial score (nSPS) is 15.8. The lowest BCUT2D eigenvalue weighted by Gasteiger charge is -2.23. The monoisotopic (exact) mass is 440 g/mol. The number of halogens is 1. The van der Waals surface area contributed by atoms with E-state index in [1.165, 1.54) is 6.07 Å². The standard InChI is InChI=1S/C23H29FN6O2/c1-14(18-10-17(24)9-15-11-22(2,3)31-20(15)18)28-19-7-8-30-21(29-19)16(13-27-30)12-26-23(4,5)32-25-6/h7-10,13-14,26H,6,11-12H2,1-5H3,(H,28,29). The zero-order valence-electron chi connectivity index (χ0n) is 19.1. The summed E-state index contributed by atoms with van der Waals surface area (Å²) in [5.41, 5.74) is 2.26. The molecule has 1 atom stereocenters. The maximum Gasteiger partial charge on any atom is 0.183 e. The van der Waals surface area contributed by atoms with Crippen LogP contribution in [0.2, 0.25) is 0 Å². The zero-order valence-corrected chi connectivity index (χ0v) is 19.1. The second-order valence-electron chi connectivity index (χ2n) is 9.22. The van der Waals surface area contributed by atoms with Crippen molar-refractivity contribution in [1.29, 1.82) is 0 Å². The van der Waals surface area contributed by atoms with Gasteiger partial charge in [0.15, 0.2) is 11.4 Å². The van der Waals surface area contributed by atoms with Gasteiger partial charge in [-0.2, -0.15) is 5.10 Å². The molecule has 32 heavy (non-hydrogen) atoms. The predicted octanol–water partition coefficient (Wildman–Crippen LogP) is 4.21. The number of hydrogen-bond donors (Lipinski definition) is 2. The van der Waals surface area contributed by atoms with E-state index < -0.39 is 5.72 Å². The Balaban J connectivity index is 1.56. The summed E-state index contributed by atoms with van der Waals surface area (Å²) in [5.74, 6) is 1.15. The van der Waals surface area contributed by atoms with Crippen molar-refractivity contribution in [2.45, 2.75) is 65.0 Å². The van der Waals surface area contributed by atoms with Gasteiger partial charge in [0.1, 0.15) is 23.0 Å². The van der Waals surface area contributed by atoms with Gasteiger partial charge in [-0.3, -0.25) is 5.32 Å². The molecular formula is C23H29FN6O2. The molecule has 0 aliphatic carbocycles. The van der Waals surface area contributed by atoms with Crippen LogP contribution in [-0.2, 0) is 17.8 Å². The molecule has 8 nitrogen and oxygen atoms in total. The van der Waals surface area contributed by atoms with Crippen LogP contribution in [0.15, 0.2) is 35.7 Å². The number of nitrogens with zero attached hydrogens (tertiary/aromatic N) is 4. The molecule has 0 saturated heterocycles. The number of nitrogens with one attached hydrogen (secondary N) is 2. The second kappa shape index (κ2) is 8.05.